The molecule has 7 heteroatoms. The van der Waals surface area contributed by atoms with E-state index in [4.69, 9.17) is 8.94 Å². The van der Waals surface area contributed by atoms with Gasteiger partial charge in [0, 0.05) is 38.5 Å². The number of likely N-dealkylation sites (tertiary alicyclic amines) is 1. The summed E-state index contributed by atoms with van der Waals surface area (Å²) in [6.07, 6.45) is 1.64. The van der Waals surface area contributed by atoms with E-state index in [2.05, 4.69) is 10.1 Å². The fourth-order valence-electron chi connectivity index (χ4n) is 3.19. The normalized spacial score (nSPS) is 15.7. The van der Waals surface area contributed by atoms with Crippen LogP contribution in [0.2, 0.25) is 0 Å². The highest BCUT2D eigenvalue weighted by atomic mass is 16.5. The van der Waals surface area contributed by atoms with E-state index in [0.717, 1.165) is 23.8 Å². The molecule has 1 saturated heterocycles. The number of piperidine rings is 1. The number of benzene rings is 1. The van der Waals surface area contributed by atoms with E-state index in [1.165, 1.54) is 0 Å². The third-order valence-electron chi connectivity index (χ3n) is 4.58. The van der Waals surface area contributed by atoms with E-state index in [1.807, 2.05) is 35.2 Å². The van der Waals surface area contributed by atoms with E-state index in [0.29, 0.717) is 30.6 Å². The second kappa shape index (κ2) is 6.23. The van der Waals surface area contributed by atoms with Crippen molar-refractivity contribution in [3.63, 3.8) is 0 Å². The maximum Gasteiger partial charge on any atom is 0.319 e. The van der Waals surface area contributed by atoms with Crippen molar-refractivity contribution in [1.29, 1.82) is 0 Å². The molecule has 1 aromatic carbocycles. The number of urea groups is 1. The first-order valence-corrected chi connectivity index (χ1v) is 8.40. The molecular formula is C18H20N4O3. The lowest BCUT2D eigenvalue weighted by Gasteiger charge is -2.32. The van der Waals surface area contributed by atoms with Crippen LogP contribution in [0.1, 0.15) is 24.7 Å². The van der Waals surface area contributed by atoms with Gasteiger partial charge in [0.2, 0.25) is 11.7 Å². The molecule has 0 bridgehead atoms. The average molecular weight is 340 g/mol. The third-order valence-corrected chi connectivity index (χ3v) is 4.58. The summed E-state index contributed by atoms with van der Waals surface area (Å²) in [6.45, 7) is 1.40. The maximum absolute atomic E-state index is 12.0. The number of rotatable bonds is 2. The van der Waals surface area contributed by atoms with E-state index < -0.39 is 0 Å². The van der Waals surface area contributed by atoms with Crippen molar-refractivity contribution < 1.29 is 13.7 Å². The van der Waals surface area contributed by atoms with Crippen molar-refractivity contribution in [2.24, 2.45) is 0 Å². The van der Waals surface area contributed by atoms with Crippen molar-refractivity contribution in [2.45, 2.75) is 18.8 Å². The fourth-order valence-corrected chi connectivity index (χ4v) is 3.19. The summed E-state index contributed by atoms with van der Waals surface area (Å²) in [5, 5.41) is 5.08. The summed E-state index contributed by atoms with van der Waals surface area (Å²) < 4.78 is 11.2. The maximum atomic E-state index is 12.0. The first-order valence-electron chi connectivity index (χ1n) is 8.40. The second-order valence-corrected chi connectivity index (χ2v) is 6.54. The van der Waals surface area contributed by atoms with Crippen LogP contribution in [0.3, 0.4) is 0 Å². The van der Waals surface area contributed by atoms with Crippen LogP contribution in [-0.2, 0) is 0 Å². The molecule has 2 aromatic heterocycles. The Hall–Kier alpha value is -2.83. The van der Waals surface area contributed by atoms with Crippen LogP contribution in [0.4, 0.5) is 4.79 Å². The summed E-state index contributed by atoms with van der Waals surface area (Å²) in [5.74, 6) is 1.87. The van der Waals surface area contributed by atoms with E-state index in [-0.39, 0.29) is 11.9 Å². The monoisotopic (exact) mass is 340 g/mol. The molecule has 3 aromatic rings. The smallest absolute Gasteiger partial charge is 0.319 e. The fraction of sp³-hybridized carbons (Fsp3) is 0.389. The quantitative estimate of drug-likeness (QED) is 0.715. The molecule has 130 valence electrons. The van der Waals surface area contributed by atoms with Gasteiger partial charge in [0.05, 0.1) is 0 Å². The molecule has 4 rings (SSSR count). The summed E-state index contributed by atoms with van der Waals surface area (Å²) >= 11 is 0. The molecule has 0 N–H and O–H groups in total. The predicted molar refractivity (Wildman–Crippen MR) is 92.1 cm³/mol. The van der Waals surface area contributed by atoms with E-state index >= 15 is 0 Å². The number of aromatic nitrogens is 2. The minimum atomic E-state index is 0.0481. The Labute approximate surface area is 145 Å². The van der Waals surface area contributed by atoms with Crippen LogP contribution in [-0.4, -0.2) is 53.2 Å². The topological polar surface area (TPSA) is 75.6 Å². The second-order valence-electron chi connectivity index (χ2n) is 6.54. The van der Waals surface area contributed by atoms with Crippen LogP contribution in [0.15, 0.2) is 39.3 Å². The molecule has 0 aliphatic carbocycles. The van der Waals surface area contributed by atoms with Crippen molar-refractivity contribution in [3.8, 4) is 11.6 Å². The number of para-hydroxylation sites is 1. The van der Waals surface area contributed by atoms with Gasteiger partial charge in [-0.15, -0.1) is 0 Å². The number of fused-ring (bicyclic) bond motifs is 1. The zero-order valence-corrected chi connectivity index (χ0v) is 14.3. The zero-order valence-electron chi connectivity index (χ0n) is 14.3. The van der Waals surface area contributed by atoms with E-state index in [9.17, 15) is 4.79 Å². The van der Waals surface area contributed by atoms with Crippen LogP contribution >= 0.6 is 0 Å². The Balaban J connectivity index is 1.48. The largest absolute Gasteiger partial charge is 0.453 e. The first-order chi connectivity index (χ1) is 12.1. The van der Waals surface area contributed by atoms with Crippen LogP contribution in [0.5, 0.6) is 0 Å². The van der Waals surface area contributed by atoms with Gasteiger partial charge in [0.1, 0.15) is 5.58 Å². The van der Waals surface area contributed by atoms with Crippen LogP contribution < -0.4 is 0 Å². The molecule has 0 saturated carbocycles. The molecule has 2 amide bonds. The predicted octanol–water partition coefficient (Wildman–Crippen LogP) is 3.34. The highest BCUT2D eigenvalue weighted by molar-refractivity contribution is 5.81. The summed E-state index contributed by atoms with van der Waals surface area (Å²) in [5.41, 5.74) is 0.805. The number of hydrogen-bond acceptors (Lipinski definition) is 5. The number of amides is 2. The average Bonchev–Trinajstić information content (AvgIpc) is 3.27. The molecule has 7 nitrogen and oxygen atoms in total. The molecule has 1 fully saturated rings. The number of furan rings is 1. The molecule has 0 spiro atoms. The minimum Gasteiger partial charge on any atom is -0.453 e. The van der Waals surface area contributed by atoms with Gasteiger partial charge in [0.15, 0.2) is 5.76 Å². The molecule has 0 radical (unpaired) electrons. The lowest BCUT2D eigenvalue weighted by molar-refractivity contribution is 0.152. The SMILES string of the molecule is CN(C)C(=O)N1CCC(c2nc(-c3cc4ccccc4o3)no2)CC1. The van der Waals surface area contributed by atoms with Gasteiger partial charge in [-0.2, -0.15) is 4.98 Å². The molecule has 0 unspecified atom stereocenters. The Bertz CT molecular complexity index is 858. The third kappa shape index (κ3) is 2.97. The molecule has 1 aliphatic heterocycles. The Morgan fingerprint density at radius 3 is 2.72 bits per heavy atom. The van der Waals surface area contributed by atoms with Gasteiger partial charge < -0.3 is 18.7 Å². The van der Waals surface area contributed by atoms with Crippen molar-refractivity contribution in [3.05, 3.63) is 36.2 Å². The van der Waals surface area contributed by atoms with Crippen molar-refractivity contribution in [1.82, 2.24) is 19.9 Å². The Morgan fingerprint density at radius 1 is 1.24 bits per heavy atom. The van der Waals surface area contributed by atoms with Gasteiger partial charge in [-0.05, 0) is 25.0 Å². The highest BCUT2D eigenvalue weighted by Gasteiger charge is 2.28. The molecular weight excluding hydrogens is 320 g/mol. The Kier molecular flexibility index (Phi) is 3.91. The Morgan fingerprint density at radius 2 is 2.00 bits per heavy atom. The van der Waals surface area contributed by atoms with Gasteiger partial charge >= 0.3 is 6.03 Å². The molecule has 1 aliphatic rings. The van der Waals surface area contributed by atoms with Gasteiger partial charge in [0.25, 0.3) is 0 Å². The van der Waals surface area contributed by atoms with E-state index in [1.54, 1.807) is 19.0 Å². The van der Waals surface area contributed by atoms with Gasteiger partial charge in [-0.3, -0.25) is 0 Å². The first kappa shape index (κ1) is 15.7. The van der Waals surface area contributed by atoms with Crippen LogP contribution in [0.25, 0.3) is 22.6 Å². The lowest BCUT2D eigenvalue weighted by Crippen LogP contribution is -2.43. The number of carbonyl (C=O) groups excluding carboxylic acids is 1. The lowest BCUT2D eigenvalue weighted by atomic mass is 9.97. The highest BCUT2D eigenvalue weighted by Crippen LogP contribution is 2.30. The molecule has 0 atom stereocenters. The zero-order chi connectivity index (χ0) is 17.4. The molecule has 3 heterocycles. The minimum absolute atomic E-state index is 0.0481. The summed E-state index contributed by atoms with van der Waals surface area (Å²) in [7, 11) is 3.54. The number of nitrogens with zero attached hydrogens (tertiary/aromatic N) is 4. The number of hydrogen-bond donors (Lipinski definition) is 0. The van der Waals surface area contributed by atoms with Gasteiger partial charge in [-0.1, -0.05) is 23.4 Å². The molecule has 25 heavy (non-hydrogen) atoms. The van der Waals surface area contributed by atoms with Crippen LogP contribution in [0, 0.1) is 0 Å². The standard InChI is InChI=1S/C18H20N4O3/c1-21(2)18(23)22-9-7-12(8-10-22)17-19-16(20-25-17)15-11-13-5-3-4-6-14(13)24-15/h3-6,11-12H,7-10H2,1-2H3. The summed E-state index contributed by atoms with van der Waals surface area (Å²) in [4.78, 5) is 20.0. The van der Waals surface area contributed by atoms with Crippen molar-refractivity contribution in [2.75, 3.05) is 27.2 Å². The van der Waals surface area contributed by atoms with Crippen molar-refractivity contribution >= 4 is 17.0 Å². The summed E-state index contributed by atoms with van der Waals surface area (Å²) in [6, 6.07) is 9.76. The number of carbonyl (C=O) groups is 1. The van der Waals surface area contributed by atoms with Gasteiger partial charge in [-0.25, -0.2) is 4.79 Å².